The summed E-state index contributed by atoms with van der Waals surface area (Å²) in [5, 5.41) is 0. The first-order valence-electron chi connectivity index (χ1n) is 9.00. The van der Waals surface area contributed by atoms with Crippen molar-refractivity contribution in [3.63, 3.8) is 0 Å². The molecule has 0 N–H and O–H groups in total. The van der Waals surface area contributed by atoms with Gasteiger partial charge in [0.25, 0.3) is 0 Å². The van der Waals surface area contributed by atoms with Crippen LogP contribution in [0.25, 0.3) is 11.1 Å². The van der Waals surface area contributed by atoms with Crippen LogP contribution in [-0.4, -0.2) is 35.0 Å². The molecular formula is C22H25NO3. The lowest BCUT2D eigenvalue weighted by atomic mass is 9.98. The van der Waals surface area contributed by atoms with Gasteiger partial charge in [0.1, 0.15) is 5.60 Å². The number of rotatable bonds is 3. The highest BCUT2D eigenvalue weighted by molar-refractivity contribution is 5.91. The zero-order valence-electron chi connectivity index (χ0n) is 15.6. The molecule has 136 valence electrons. The summed E-state index contributed by atoms with van der Waals surface area (Å²) in [4.78, 5) is 26.4. The molecule has 26 heavy (non-hydrogen) atoms. The topological polar surface area (TPSA) is 46.6 Å². The fourth-order valence-electron chi connectivity index (χ4n) is 3.22. The SMILES string of the molecule is CC(C)(C)OC(=O)N1CCC(=O)[C@@H]1Cc1cccc(-c2ccccc2)c1. The van der Waals surface area contributed by atoms with Crippen molar-refractivity contribution in [3.05, 3.63) is 60.2 Å². The van der Waals surface area contributed by atoms with Crippen LogP contribution in [0.3, 0.4) is 0 Å². The summed E-state index contributed by atoms with van der Waals surface area (Å²) in [6.45, 7) is 5.93. The van der Waals surface area contributed by atoms with E-state index in [4.69, 9.17) is 4.74 Å². The number of hydrogen-bond donors (Lipinski definition) is 0. The van der Waals surface area contributed by atoms with Crippen LogP contribution in [0.15, 0.2) is 54.6 Å². The number of ether oxygens (including phenoxy) is 1. The smallest absolute Gasteiger partial charge is 0.410 e. The quantitative estimate of drug-likeness (QED) is 0.819. The molecule has 1 aliphatic rings. The highest BCUT2D eigenvalue weighted by atomic mass is 16.6. The number of carbonyl (C=O) groups excluding carboxylic acids is 2. The molecule has 2 aromatic carbocycles. The number of ketones is 1. The third-order valence-electron chi connectivity index (χ3n) is 4.44. The van der Waals surface area contributed by atoms with Crippen LogP contribution in [0.4, 0.5) is 4.79 Å². The van der Waals surface area contributed by atoms with Gasteiger partial charge in [-0.25, -0.2) is 4.79 Å². The van der Waals surface area contributed by atoms with Crippen molar-refractivity contribution in [2.45, 2.75) is 45.3 Å². The maximum Gasteiger partial charge on any atom is 0.410 e. The number of likely N-dealkylation sites (tertiary alicyclic amines) is 1. The number of carbonyl (C=O) groups is 2. The molecule has 0 aliphatic carbocycles. The fourth-order valence-corrected chi connectivity index (χ4v) is 3.22. The van der Waals surface area contributed by atoms with E-state index in [1.807, 2.05) is 51.1 Å². The molecule has 1 aliphatic heterocycles. The molecule has 0 unspecified atom stereocenters. The minimum atomic E-state index is -0.569. The molecule has 1 amide bonds. The second kappa shape index (κ2) is 7.32. The van der Waals surface area contributed by atoms with E-state index in [2.05, 4.69) is 24.3 Å². The van der Waals surface area contributed by atoms with Gasteiger partial charge in [0, 0.05) is 19.4 Å². The number of amides is 1. The van der Waals surface area contributed by atoms with Crippen LogP contribution >= 0.6 is 0 Å². The predicted molar refractivity (Wildman–Crippen MR) is 102 cm³/mol. The van der Waals surface area contributed by atoms with Crippen molar-refractivity contribution in [3.8, 4) is 11.1 Å². The molecule has 0 aromatic heterocycles. The molecule has 1 atom stereocenters. The van der Waals surface area contributed by atoms with Crippen molar-refractivity contribution in [2.75, 3.05) is 6.54 Å². The standard InChI is InChI=1S/C22H25NO3/c1-22(2,3)26-21(25)23-13-12-20(24)19(23)15-16-8-7-11-18(14-16)17-9-5-4-6-10-17/h4-11,14,19H,12-13,15H2,1-3H3/t19-/m0/s1. The summed E-state index contributed by atoms with van der Waals surface area (Å²) in [6.07, 6.45) is 0.494. The van der Waals surface area contributed by atoms with Crippen LogP contribution in [0, 0.1) is 0 Å². The van der Waals surface area contributed by atoms with Crippen molar-refractivity contribution in [2.24, 2.45) is 0 Å². The van der Waals surface area contributed by atoms with E-state index >= 15 is 0 Å². The largest absolute Gasteiger partial charge is 0.444 e. The summed E-state index contributed by atoms with van der Waals surface area (Å²) >= 11 is 0. The Labute approximate surface area is 154 Å². The van der Waals surface area contributed by atoms with E-state index in [0.717, 1.165) is 16.7 Å². The molecule has 4 nitrogen and oxygen atoms in total. The van der Waals surface area contributed by atoms with Gasteiger partial charge in [-0.05, 0) is 37.5 Å². The zero-order valence-corrected chi connectivity index (χ0v) is 15.6. The number of Topliss-reactive ketones (excluding diaryl/α,β-unsaturated/α-hetero) is 1. The Kier molecular flexibility index (Phi) is 5.12. The van der Waals surface area contributed by atoms with E-state index in [-0.39, 0.29) is 5.78 Å². The number of nitrogens with zero attached hydrogens (tertiary/aromatic N) is 1. The summed E-state index contributed by atoms with van der Waals surface area (Å²) in [5.41, 5.74) is 2.72. The van der Waals surface area contributed by atoms with Crippen molar-refractivity contribution < 1.29 is 14.3 Å². The maximum absolute atomic E-state index is 12.4. The molecule has 1 heterocycles. The summed E-state index contributed by atoms with van der Waals surface area (Å²) in [6, 6.07) is 17.8. The molecule has 0 spiro atoms. The molecule has 0 radical (unpaired) electrons. The van der Waals surface area contributed by atoms with E-state index in [1.54, 1.807) is 4.90 Å². The first-order chi connectivity index (χ1) is 12.3. The molecular weight excluding hydrogens is 326 g/mol. The second-order valence-corrected chi connectivity index (χ2v) is 7.68. The summed E-state index contributed by atoms with van der Waals surface area (Å²) < 4.78 is 5.47. The summed E-state index contributed by atoms with van der Waals surface area (Å²) in [7, 11) is 0. The van der Waals surface area contributed by atoms with E-state index in [0.29, 0.717) is 19.4 Å². The Balaban J connectivity index is 1.78. The van der Waals surface area contributed by atoms with Crippen molar-refractivity contribution >= 4 is 11.9 Å². The number of hydrogen-bond acceptors (Lipinski definition) is 3. The first kappa shape index (κ1) is 18.2. The lowest BCUT2D eigenvalue weighted by Crippen LogP contribution is -2.42. The Morgan fingerprint density at radius 3 is 2.46 bits per heavy atom. The van der Waals surface area contributed by atoms with Gasteiger partial charge in [0.05, 0.1) is 6.04 Å². The predicted octanol–water partition coefficient (Wildman–Crippen LogP) is 4.47. The highest BCUT2D eigenvalue weighted by Gasteiger charge is 2.37. The molecule has 4 heteroatoms. The zero-order chi connectivity index (χ0) is 18.7. The average molecular weight is 351 g/mol. The monoisotopic (exact) mass is 351 g/mol. The Bertz CT molecular complexity index is 793. The van der Waals surface area contributed by atoms with E-state index < -0.39 is 17.7 Å². The third kappa shape index (κ3) is 4.31. The highest BCUT2D eigenvalue weighted by Crippen LogP contribution is 2.24. The third-order valence-corrected chi connectivity index (χ3v) is 4.44. The van der Waals surface area contributed by atoms with Gasteiger partial charge in [-0.2, -0.15) is 0 Å². The lowest BCUT2D eigenvalue weighted by molar-refractivity contribution is -0.119. The minimum Gasteiger partial charge on any atom is -0.444 e. The Hall–Kier alpha value is -2.62. The summed E-state index contributed by atoms with van der Waals surface area (Å²) in [5.74, 6) is 0.0981. The van der Waals surface area contributed by atoms with Crippen LogP contribution in [0.2, 0.25) is 0 Å². The minimum absolute atomic E-state index is 0.0981. The van der Waals surface area contributed by atoms with E-state index in [1.165, 1.54) is 0 Å². The molecule has 3 rings (SSSR count). The molecule has 1 fully saturated rings. The van der Waals surface area contributed by atoms with Gasteiger partial charge in [0.2, 0.25) is 0 Å². The second-order valence-electron chi connectivity index (χ2n) is 7.68. The van der Waals surface area contributed by atoms with E-state index in [9.17, 15) is 9.59 Å². The average Bonchev–Trinajstić information content (AvgIpc) is 2.95. The van der Waals surface area contributed by atoms with Gasteiger partial charge >= 0.3 is 6.09 Å². The van der Waals surface area contributed by atoms with Gasteiger partial charge in [-0.3, -0.25) is 9.69 Å². The van der Waals surface area contributed by atoms with Gasteiger partial charge in [0.15, 0.2) is 5.78 Å². The Morgan fingerprint density at radius 2 is 1.77 bits per heavy atom. The Morgan fingerprint density at radius 1 is 1.08 bits per heavy atom. The van der Waals surface area contributed by atoms with Crippen LogP contribution < -0.4 is 0 Å². The van der Waals surface area contributed by atoms with Crippen LogP contribution in [-0.2, 0) is 16.0 Å². The maximum atomic E-state index is 12.4. The van der Waals surface area contributed by atoms with Crippen LogP contribution in [0.5, 0.6) is 0 Å². The molecule has 0 bridgehead atoms. The lowest BCUT2D eigenvalue weighted by Gasteiger charge is -2.28. The van der Waals surface area contributed by atoms with Crippen molar-refractivity contribution in [1.82, 2.24) is 4.90 Å². The molecule has 2 aromatic rings. The van der Waals surface area contributed by atoms with Gasteiger partial charge in [-0.1, -0.05) is 54.6 Å². The normalized spacial score (nSPS) is 17.4. The first-order valence-corrected chi connectivity index (χ1v) is 9.00. The molecule has 1 saturated heterocycles. The number of benzene rings is 2. The van der Waals surface area contributed by atoms with Crippen molar-refractivity contribution in [1.29, 1.82) is 0 Å². The van der Waals surface area contributed by atoms with Gasteiger partial charge < -0.3 is 4.74 Å². The fraction of sp³-hybridized carbons (Fsp3) is 0.364. The van der Waals surface area contributed by atoms with Crippen LogP contribution in [0.1, 0.15) is 32.8 Å². The van der Waals surface area contributed by atoms with Gasteiger partial charge in [-0.15, -0.1) is 0 Å². The molecule has 0 saturated carbocycles.